The number of likely N-dealkylation sites (tertiary alicyclic amines) is 1. The average molecular weight is 243 g/mol. The van der Waals surface area contributed by atoms with Crippen LogP contribution in [0.2, 0.25) is 0 Å². The number of rotatable bonds is 6. The molecule has 1 amide bonds. The molecule has 3 unspecified atom stereocenters. The smallest absolute Gasteiger partial charge is 0.231 e. The Hall–Kier alpha value is -0.650. The first-order valence-corrected chi connectivity index (χ1v) is 6.48. The lowest BCUT2D eigenvalue weighted by atomic mass is 9.88. The maximum atomic E-state index is 11.0. The molecule has 1 heterocycles. The van der Waals surface area contributed by atoms with Gasteiger partial charge in [-0.25, -0.2) is 0 Å². The van der Waals surface area contributed by atoms with Crippen molar-refractivity contribution in [1.29, 1.82) is 0 Å². The second-order valence-corrected chi connectivity index (χ2v) is 4.89. The number of likely N-dealkylation sites (N-methyl/N-ethyl adjacent to an activating group) is 1. The van der Waals surface area contributed by atoms with E-state index in [0.717, 1.165) is 32.5 Å². The fraction of sp³-hybridized carbons (Fsp3) is 0.917. The van der Waals surface area contributed by atoms with Gasteiger partial charge in [-0.1, -0.05) is 13.8 Å². The highest BCUT2D eigenvalue weighted by Crippen LogP contribution is 2.21. The molecule has 5 nitrogen and oxygen atoms in total. The molecule has 5 heteroatoms. The largest absolute Gasteiger partial charge is 0.393 e. The standard InChI is InChI=1S/C12H25N3O2/c1-3-11(16)9-5-10(14-4-2)7-15(6-9)8-12(13)17/h9-11,14,16H,3-8H2,1-2H3,(H2,13,17). The third kappa shape index (κ3) is 4.61. The molecule has 0 bridgehead atoms. The zero-order chi connectivity index (χ0) is 12.8. The van der Waals surface area contributed by atoms with E-state index >= 15 is 0 Å². The molecule has 100 valence electrons. The number of amides is 1. The highest BCUT2D eigenvalue weighted by molar-refractivity contribution is 5.75. The van der Waals surface area contributed by atoms with Crippen LogP contribution in [-0.2, 0) is 4.79 Å². The Morgan fingerprint density at radius 2 is 2.24 bits per heavy atom. The van der Waals surface area contributed by atoms with E-state index in [1.807, 2.05) is 11.8 Å². The lowest BCUT2D eigenvalue weighted by molar-refractivity contribution is -0.120. The van der Waals surface area contributed by atoms with Gasteiger partial charge in [0.15, 0.2) is 0 Å². The van der Waals surface area contributed by atoms with Crippen molar-refractivity contribution < 1.29 is 9.90 Å². The van der Waals surface area contributed by atoms with E-state index in [1.165, 1.54) is 0 Å². The van der Waals surface area contributed by atoms with E-state index in [-0.39, 0.29) is 24.5 Å². The number of carbonyl (C=O) groups excluding carboxylic acids is 1. The Labute approximate surface area is 103 Å². The van der Waals surface area contributed by atoms with Crippen molar-refractivity contribution in [2.45, 2.75) is 38.8 Å². The molecule has 3 atom stereocenters. The molecule has 0 spiro atoms. The van der Waals surface area contributed by atoms with Gasteiger partial charge >= 0.3 is 0 Å². The summed E-state index contributed by atoms with van der Waals surface area (Å²) in [5.74, 6) is -0.0657. The number of aliphatic hydroxyl groups excluding tert-OH is 1. The van der Waals surface area contributed by atoms with Crippen molar-refractivity contribution in [3.05, 3.63) is 0 Å². The summed E-state index contributed by atoms with van der Waals surface area (Å²) in [5.41, 5.74) is 5.23. The number of nitrogens with one attached hydrogen (secondary N) is 1. The van der Waals surface area contributed by atoms with Crippen molar-refractivity contribution in [3.63, 3.8) is 0 Å². The molecule has 1 aliphatic rings. The summed E-state index contributed by atoms with van der Waals surface area (Å²) in [6.45, 7) is 6.85. The number of carbonyl (C=O) groups is 1. The average Bonchev–Trinajstić information content (AvgIpc) is 2.27. The number of primary amides is 1. The molecule has 0 saturated carbocycles. The van der Waals surface area contributed by atoms with Crippen LogP contribution in [0.4, 0.5) is 0 Å². The summed E-state index contributed by atoms with van der Waals surface area (Å²) in [5, 5.41) is 13.3. The first kappa shape index (κ1) is 14.4. The van der Waals surface area contributed by atoms with Gasteiger partial charge in [0.05, 0.1) is 12.6 Å². The van der Waals surface area contributed by atoms with Gasteiger partial charge in [-0.15, -0.1) is 0 Å². The summed E-state index contributed by atoms with van der Waals surface area (Å²) in [6, 6.07) is 0.347. The molecule has 4 N–H and O–H groups in total. The molecule has 0 aromatic heterocycles. The predicted molar refractivity (Wildman–Crippen MR) is 67.5 cm³/mol. The van der Waals surface area contributed by atoms with E-state index in [4.69, 9.17) is 5.73 Å². The number of piperidine rings is 1. The van der Waals surface area contributed by atoms with E-state index in [2.05, 4.69) is 12.2 Å². The second kappa shape index (κ2) is 6.93. The maximum absolute atomic E-state index is 11.0. The molecule has 0 radical (unpaired) electrons. The summed E-state index contributed by atoms with van der Waals surface area (Å²) in [4.78, 5) is 13.0. The second-order valence-electron chi connectivity index (χ2n) is 4.89. The monoisotopic (exact) mass is 243 g/mol. The van der Waals surface area contributed by atoms with Gasteiger partial charge in [0.2, 0.25) is 5.91 Å². The predicted octanol–water partition coefficient (Wildman–Crippen LogP) is -0.457. The zero-order valence-corrected chi connectivity index (χ0v) is 10.9. The number of hydrogen-bond acceptors (Lipinski definition) is 4. The highest BCUT2D eigenvalue weighted by Gasteiger charge is 2.30. The first-order valence-electron chi connectivity index (χ1n) is 6.48. The van der Waals surface area contributed by atoms with Crippen molar-refractivity contribution >= 4 is 5.91 Å². The van der Waals surface area contributed by atoms with Crippen molar-refractivity contribution in [2.75, 3.05) is 26.2 Å². The van der Waals surface area contributed by atoms with Crippen LogP contribution in [0.3, 0.4) is 0 Å². The van der Waals surface area contributed by atoms with E-state index < -0.39 is 0 Å². The Morgan fingerprint density at radius 3 is 2.76 bits per heavy atom. The molecule has 1 aliphatic heterocycles. The van der Waals surface area contributed by atoms with Crippen LogP contribution >= 0.6 is 0 Å². The Bertz CT molecular complexity index is 248. The van der Waals surface area contributed by atoms with Crippen LogP contribution < -0.4 is 11.1 Å². The fourth-order valence-corrected chi connectivity index (χ4v) is 2.63. The third-order valence-corrected chi connectivity index (χ3v) is 3.39. The highest BCUT2D eigenvalue weighted by atomic mass is 16.3. The summed E-state index contributed by atoms with van der Waals surface area (Å²) in [6.07, 6.45) is 1.44. The van der Waals surface area contributed by atoms with Crippen LogP contribution in [-0.4, -0.2) is 54.2 Å². The molecule has 1 fully saturated rings. The van der Waals surface area contributed by atoms with Gasteiger partial charge in [-0.3, -0.25) is 9.69 Å². The SMILES string of the molecule is CCNC1CC(C(O)CC)CN(CC(N)=O)C1. The molecule has 1 rings (SSSR count). The first-order chi connectivity index (χ1) is 8.06. The molecular formula is C12H25N3O2. The summed E-state index contributed by atoms with van der Waals surface area (Å²) in [7, 11) is 0. The van der Waals surface area contributed by atoms with Gasteiger partial charge in [0.1, 0.15) is 0 Å². The van der Waals surface area contributed by atoms with Gasteiger partial charge in [-0.05, 0) is 25.3 Å². The minimum Gasteiger partial charge on any atom is -0.393 e. The molecule has 0 aromatic carbocycles. The van der Waals surface area contributed by atoms with Crippen LogP contribution in [0, 0.1) is 5.92 Å². The zero-order valence-electron chi connectivity index (χ0n) is 10.9. The normalized spacial score (nSPS) is 27.9. The third-order valence-electron chi connectivity index (χ3n) is 3.39. The van der Waals surface area contributed by atoms with E-state index in [9.17, 15) is 9.90 Å². The van der Waals surface area contributed by atoms with Crippen molar-refractivity contribution in [2.24, 2.45) is 11.7 Å². The minimum absolute atomic E-state index is 0.233. The Balaban J connectivity index is 2.58. The number of hydrogen-bond donors (Lipinski definition) is 3. The molecule has 0 aromatic rings. The minimum atomic E-state index is -0.299. The van der Waals surface area contributed by atoms with Gasteiger partial charge in [0.25, 0.3) is 0 Å². The Morgan fingerprint density at radius 1 is 1.53 bits per heavy atom. The molecule has 1 saturated heterocycles. The number of nitrogens with two attached hydrogens (primary N) is 1. The van der Waals surface area contributed by atoms with Gasteiger partial charge in [0, 0.05) is 19.1 Å². The fourth-order valence-electron chi connectivity index (χ4n) is 2.63. The topological polar surface area (TPSA) is 78.6 Å². The molecule has 0 aliphatic carbocycles. The van der Waals surface area contributed by atoms with Crippen LogP contribution in [0.5, 0.6) is 0 Å². The number of nitrogens with zero attached hydrogens (tertiary/aromatic N) is 1. The van der Waals surface area contributed by atoms with Crippen molar-refractivity contribution in [1.82, 2.24) is 10.2 Å². The quantitative estimate of drug-likeness (QED) is 0.590. The Kier molecular flexibility index (Phi) is 5.88. The van der Waals surface area contributed by atoms with Gasteiger partial charge < -0.3 is 16.2 Å². The lowest BCUT2D eigenvalue weighted by Crippen LogP contribution is -2.53. The maximum Gasteiger partial charge on any atom is 0.231 e. The lowest BCUT2D eigenvalue weighted by Gasteiger charge is -2.39. The molecule has 17 heavy (non-hydrogen) atoms. The van der Waals surface area contributed by atoms with Crippen LogP contribution in [0.25, 0.3) is 0 Å². The summed E-state index contributed by atoms with van der Waals surface area (Å²) < 4.78 is 0. The summed E-state index contributed by atoms with van der Waals surface area (Å²) >= 11 is 0. The van der Waals surface area contributed by atoms with E-state index in [0.29, 0.717) is 6.04 Å². The van der Waals surface area contributed by atoms with Crippen LogP contribution in [0.15, 0.2) is 0 Å². The van der Waals surface area contributed by atoms with E-state index in [1.54, 1.807) is 0 Å². The molecular weight excluding hydrogens is 218 g/mol. The van der Waals surface area contributed by atoms with Gasteiger partial charge in [-0.2, -0.15) is 0 Å². The van der Waals surface area contributed by atoms with Crippen LogP contribution in [0.1, 0.15) is 26.7 Å². The number of aliphatic hydroxyl groups is 1. The van der Waals surface area contributed by atoms with Crippen molar-refractivity contribution in [3.8, 4) is 0 Å².